The van der Waals surface area contributed by atoms with Crippen molar-refractivity contribution in [1.29, 1.82) is 0 Å². The van der Waals surface area contributed by atoms with E-state index in [9.17, 15) is 4.79 Å². The van der Waals surface area contributed by atoms with E-state index < -0.39 is 5.97 Å². The second-order valence-electron chi connectivity index (χ2n) is 7.49. The molecule has 1 rings (SSSR count). The van der Waals surface area contributed by atoms with Crippen molar-refractivity contribution in [3.63, 3.8) is 0 Å². The van der Waals surface area contributed by atoms with Gasteiger partial charge < -0.3 is 0 Å². The van der Waals surface area contributed by atoms with E-state index in [0.29, 0.717) is 12.2 Å². The van der Waals surface area contributed by atoms with Crippen molar-refractivity contribution in [2.75, 3.05) is 6.61 Å². The average Bonchev–Trinajstić information content (AvgIpc) is 2.55. The maximum absolute atomic E-state index is 11.9. The zero-order valence-electron chi connectivity index (χ0n) is 15.9. The van der Waals surface area contributed by atoms with Crippen LogP contribution in [-0.2, 0) is 15.2 Å². The molecule has 0 unspecified atom stereocenters. The van der Waals surface area contributed by atoms with Crippen molar-refractivity contribution in [3.8, 4) is 0 Å². The molecule has 0 heterocycles. The van der Waals surface area contributed by atoms with Crippen molar-refractivity contribution in [2.45, 2.75) is 84.5 Å². The molecule has 1 aromatic carbocycles. The Balaban J connectivity index is 2.12. The molecule has 3 heteroatoms. The number of carbonyl (C=O) groups is 1. The Hall–Kier alpha value is -1.35. The molecular formula is C21H34O3. The summed E-state index contributed by atoms with van der Waals surface area (Å²) in [5, 5.41) is 0. The van der Waals surface area contributed by atoms with Gasteiger partial charge in [-0.2, -0.15) is 4.89 Å². The summed E-state index contributed by atoms with van der Waals surface area (Å²) in [6, 6.07) is 7.52. The number of carbonyl (C=O) groups excluding carboxylic acids is 1. The molecule has 24 heavy (non-hydrogen) atoms. The number of hydrogen-bond acceptors (Lipinski definition) is 3. The highest BCUT2D eigenvalue weighted by Crippen LogP contribution is 2.22. The van der Waals surface area contributed by atoms with Crippen LogP contribution in [0.3, 0.4) is 0 Å². The van der Waals surface area contributed by atoms with Gasteiger partial charge in [0.15, 0.2) is 0 Å². The fraction of sp³-hybridized carbons (Fsp3) is 0.667. The molecular weight excluding hydrogens is 300 g/mol. The maximum Gasteiger partial charge on any atom is 0.373 e. The molecule has 0 aliphatic rings. The largest absolute Gasteiger partial charge is 0.373 e. The predicted molar refractivity (Wildman–Crippen MR) is 99.1 cm³/mol. The first-order chi connectivity index (χ1) is 11.4. The highest BCUT2D eigenvalue weighted by molar-refractivity contribution is 5.88. The van der Waals surface area contributed by atoms with Crippen LogP contribution < -0.4 is 0 Å². The number of hydrogen-bond donors (Lipinski definition) is 0. The van der Waals surface area contributed by atoms with Gasteiger partial charge in [0.1, 0.15) is 0 Å². The van der Waals surface area contributed by atoms with Crippen LogP contribution in [0.25, 0.3) is 0 Å². The minimum atomic E-state index is -0.421. The van der Waals surface area contributed by atoms with Gasteiger partial charge in [-0.1, -0.05) is 84.8 Å². The van der Waals surface area contributed by atoms with Crippen molar-refractivity contribution < 1.29 is 14.6 Å². The van der Waals surface area contributed by atoms with Crippen molar-refractivity contribution in [1.82, 2.24) is 0 Å². The van der Waals surface area contributed by atoms with Gasteiger partial charge in [-0.3, -0.25) is 4.89 Å². The second-order valence-corrected chi connectivity index (χ2v) is 7.49. The van der Waals surface area contributed by atoms with Crippen molar-refractivity contribution in [3.05, 3.63) is 35.4 Å². The van der Waals surface area contributed by atoms with E-state index in [2.05, 4.69) is 27.7 Å². The fourth-order valence-electron chi connectivity index (χ4n) is 2.54. The Kier molecular flexibility index (Phi) is 9.70. The molecule has 0 aromatic heterocycles. The summed E-state index contributed by atoms with van der Waals surface area (Å²) >= 11 is 0. The van der Waals surface area contributed by atoms with E-state index in [1.54, 1.807) is 12.1 Å². The number of rotatable bonds is 11. The summed E-state index contributed by atoms with van der Waals surface area (Å²) < 4.78 is 0. The van der Waals surface area contributed by atoms with Gasteiger partial charge in [0, 0.05) is 0 Å². The first-order valence-corrected chi connectivity index (χ1v) is 9.39. The topological polar surface area (TPSA) is 35.5 Å². The van der Waals surface area contributed by atoms with E-state index >= 15 is 0 Å². The monoisotopic (exact) mass is 334 g/mol. The Labute approximate surface area is 147 Å². The van der Waals surface area contributed by atoms with E-state index in [-0.39, 0.29) is 5.41 Å². The smallest absolute Gasteiger partial charge is 0.293 e. The van der Waals surface area contributed by atoms with Gasteiger partial charge >= 0.3 is 5.97 Å². The molecule has 136 valence electrons. The highest BCUT2D eigenvalue weighted by atomic mass is 17.2. The minimum Gasteiger partial charge on any atom is -0.293 e. The SMILES string of the molecule is CCCCCCCCCCOOC(=O)c1ccc(C(C)(C)C)cc1. The van der Waals surface area contributed by atoms with Gasteiger partial charge in [-0.05, 0) is 29.5 Å². The molecule has 0 aliphatic carbocycles. The second kappa shape index (κ2) is 11.2. The predicted octanol–water partition coefficient (Wildman–Crippen LogP) is 6.21. The third kappa shape index (κ3) is 8.49. The highest BCUT2D eigenvalue weighted by Gasteiger charge is 2.15. The van der Waals surface area contributed by atoms with Crippen LogP contribution in [0, 0.1) is 0 Å². The molecule has 3 nitrogen and oxygen atoms in total. The Morgan fingerprint density at radius 3 is 1.96 bits per heavy atom. The van der Waals surface area contributed by atoms with Crippen LogP contribution in [0.2, 0.25) is 0 Å². The molecule has 0 saturated heterocycles. The number of benzene rings is 1. The summed E-state index contributed by atoms with van der Waals surface area (Å²) in [4.78, 5) is 21.8. The quantitative estimate of drug-likeness (QED) is 0.274. The van der Waals surface area contributed by atoms with Crippen LogP contribution >= 0.6 is 0 Å². The molecule has 0 amide bonds. The van der Waals surface area contributed by atoms with Gasteiger partial charge in [0.2, 0.25) is 0 Å². The first kappa shape index (κ1) is 20.7. The molecule has 0 atom stereocenters. The first-order valence-electron chi connectivity index (χ1n) is 9.39. The lowest BCUT2D eigenvalue weighted by molar-refractivity contribution is -0.241. The summed E-state index contributed by atoms with van der Waals surface area (Å²) in [7, 11) is 0. The Bertz CT molecular complexity index is 457. The van der Waals surface area contributed by atoms with Crippen LogP contribution in [-0.4, -0.2) is 12.6 Å². The lowest BCUT2D eigenvalue weighted by Gasteiger charge is -2.18. The molecule has 1 aromatic rings. The molecule has 0 aliphatic heterocycles. The van der Waals surface area contributed by atoms with Gasteiger partial charge in [0.25, 0.3) is 0 Å². The Morgan fingerprint density at radius 1 is 0.875 bits per heavy atom. The average molecular weight is 335 g/mol. The van der Waals surface area contributed by atoms with Crippen LogP contribution in [0.4, 0.5) is 0 Å². The summed E-state index contributed by atoms with van der Waals surface area (Å²) in [5.74, 6) is -0.421. The molecule has 0 bridgehead atoms. The Morgan fingerprint density at radius 2 is 1.42 bits per heavy atom. The van der Waals surface area contributed by atoms with Crippen molar-refractivity contribution in [2.24, 2.45) is 0 Å². The van der Waals surface area contributed by atoms with E-state index in [1.807, 2.05) is 12.1 Å². The van der Waals surface area contributed by atoms with Crippen LogP contribution in [0.1, 0.15) is 95.0 Å². The summed E-state index contributed by atoms with van der Waals surface area (Å²) in [6.07, 6.45) is 9.89. The zero-order chi connectivity index (χ0) is 17.8. The third-order valence-electron chi connectivity index (χ3n) is 4.20. The van der Waals surface area contributed by atoms with Gasteiger partial charge in [0.05, 0.1) is 12.2 Å². The minimum absolute atomic E-state index is 0.0788. The summed E-state index contributed by atoms with van der Waals surface area (Å²) in [6.45, 7) is 9.14. The molecule has 0 saturated carbocycles. The van der Waals surface area contributed by atoms with Crippen LogP contribution in [0.15, 0.2) is 24.3 Å². The molecule has 0 fully saturated rings. The molecule has 0 radical (unpaired) electrons. The van der Waals surface area contributed by atoms with E-state index in [4.69, 9.17) is 9.78 Å². The maximum atomic E-state index is 11.9. The standard InChI is InChI=1S/C21H34O3/c1-5-6-7-8-9-10-11-12-17-23-24-20(22)18-13-15-19(16-14-18)21(2,3)4/h13-16H,5-12,17H2,1-4H3. The number of unbranched alkanes of at least 4 members (excludes halogenated alkanes) is 7. The summed E-state index contributed by atoms with van der Waals surface area (Å²) in [5.41, 5.74) is 1.80. The lowest BCUT2D eigenvalue weighted by Crippen LogP contribution is -2.12. The van der Waals surface area contributed by atoms with Gasteiger partial charge in [-0.25, -0.2) is 4.79 Å². The third-order valence-corrected chi connectivity index (χ3v) is 4.20. The van der Waals surface area contributed by atoms with Gasteiger partial charge in [-0.15, -0.1) is 0 Å². The van der Waals surface area contributed by atoms with E-state index in [0.717, 1.165) is 12.8 Å². The lowest BCUT2D eigenvalue weighted by atomic mass is 9.87. The fourth-order valence-corrected chi connectivity index (χ4v) is 2.54. The zero-order valence-corrected chi connectivity index (χ0v) is 15.9. The normalized spacial score (nSPS) is 11.5. The van der Waals surface area contributed by atoms with E-state index in [1.165, 1.54) is 44.1 Å². The van der Waals surface area contributed by atoms with Crippen LogP contribution in [0.5, 0.6) is 0 Å². The van der Waals surface area contributed by atoms with Crippen molar-refractivity contribution >= 4 is 5.97 Å². The molecule has 0 spiro atoms. The molecule has 0 N–H and O–H groups in total.